The summed E-state index contributed by atoms with van der Waals surface area (Å²) < 4.78 is 5.41. The van der Waals surface area contributed by atoms with E-state index in [9.17, 15) is 5.26 Å². The molecule has 0 heterocycles. The van der Waals surface area contributed by atoms with Crippen molar-refractivity contribution in [2.75, 3.05) is 32.8 Å². The summed E-state index contributed by atoms with van der Waals surface area (Å²) in [6, 6.07) is 9.77. The third-order valence-corrected chi connectivity index (χ3v) is 3.32. The van der Waals surface area contributed by atoms with Gasteiger partial charge in [0, 0.05) is 13.1 Å². The second-order valence-electron chi connectivity index (χ2n) is 4.55. The van der Waals surface area contributed by atoms with Gasteiger partial charge in [0.2, 0.25) is 0 Å². The lowest BCUT2D eigenvalue weighted by atomic mass is 10.1. The van der Waals surface area contributed by atoms with Gasteiger partial charge in [-0.05, 0) is 37.7 Å². The van der Waals surface area contributed by atoms with Crippen molar-refractivity contribution in [3.63, 3.8) is 0 Å². The van der Waals surface area contributed by atoms with E-state index in [0.29, 0.717) is 6.61 Å². The zero-order valence-corrected chi connectivity index (χ0v) is 12.7. The number of hydrogen-bond acceptors (Lipinski definition) is 4. The molecule has 1 unspecified atom stereocenters. The summed E-state index contributed by atoms with van der Waals surface area (Å²) in [6.45, 7) is 10.8. The van der Waals surface area contributed by atoms with Crippen molar-refractivity contribution in [1.29, 1.82) is 5.26 Å². The zero-order chi connectivity index (χ0) is 14.8. The monoisotopic (exact) mass is 275 g/mol. The number of ether oxygens (including phenoxy) is 1. The molecule has 0 aromatic heterocycles. The molecule has 0 radical (unpaired) electrons. The Kier molecular flexibility index (Phi) is 7.71. The summed E-state index contributed by atoms with van der Waals surface area (Å²) in [5.41, 5.74) is 0.982. The van der Waals surface area contributed by atoms with E-state index in [1.165, 1.54) is 0 Å². The average molecular weight is 275 g/mol. The van der Waals surface area contributed by atoms with Crippen LogP contribution >= 0.6 is 0 Å². The number of rotatable bonds is 9. The van der Waals surface area contributed by atoms with Crippen LogP contribution in [0.4, 0.5) is 0 Å². The van der Waals surface area contributed by atoms with E-state index < -0.39 is 0 Å². The summed E-state index contributed by atoms with van der Waals surface area (Å²) in [5, 5.41) is 12.6. The molecule has 110 valence electrons. The van der Waals surface area contributed by atoms with Crippen LogP contribution in [0.2, 0.25) is 0 Å². The van der Waals surface area contributed by atoms with E-state index in [2.05, 4.69) is 30.1 Å². The SMILES string of the molecule is CCOc1ccc(C(C#N)NCCN(CC)CC)cc1. The lowest BCUT2D eigenvalue weighted by molar-refractivity contribution is 0.300. The Balaban J connectivity index is 2.51. The standard InChI is InChI=1S/C16H25N3O/c1-4-19(5-2)12-11-18-16(13-17)14-7-9-15(10-8-14)20-6-3/h7-10,16,18H,4-6,11-12H2,1-3H3. The molecule has 4 heteroatoms. The van der Waals surface area contributed by atoms with Crippen LogP contribution in [0.25, 0.3) is 0 Å². The summed E-state index contributed by atoms with van der Waals surface area (Å²) in [5.74, 6) is 0.844. The average Bonchev–Trinajstić information content (AvgIpc) is 2.49. The molecule has 1 aromatic rings. The molecule has 4 nitrogen and oxygen atoms in total. The maximum atomic E-state index is 9.27. The Morgan fingerprint density at radius 2 is 1.85 bits per heavy atom. The lowest BCUT2D eigenvalue weighted by Crippen LogP contribution is -2.33. The molecule has 20 heavy (non-hydrogen) atoms. The number of benzene rings is 1. The molecule has 0 amide bonds. The van der Waals surface area contributed by atoms with Crippen LogP contribution in [-0.2, 0) is 0 Å². The minimum Gasteiger partial charge on any atom is -0.494 e. The fourth-order valence-corrected chi connectivity index (χ4v) is 2.07. The molecule has 1 rings (SSSR count). The molecule has 0 spiro atoms. The molecule has 1 N–H and O–H groups in total. The minimum atomic E-state index is -0.263. The second kappa shape index (κ2) is 9.35. The number of nitrogens with one attached hydrogen (secondary N) is 1. The van der Waals surface area contributed by atoms with Gasteiger partial charge in [-0.1, -0.05) is 26.0 Å². The molecule has 0 aliphatic rings. The van der Waals surface area contributed by atoms with Gasteiger partial charge in [0.05, 0.1) is 12.7 Å². The largest absolute Gasteiger partial charge is 0.494 e. The molecule has 1 atom stereocenters. The molecule has 0 bridgehead atoms. The Bertz CT molecular complexity index is 407. The molecule has 0 saturated heterocycles. The first-order chi connectivity index (χ1) is 9.74. The van der Waals surface area contributed by atoms with Crippen molar-refractivity contribution in [3.8, 4) is 11.8 Å². The Morgan fingerprint density at radius 3 is 2.35 bits per heavy atom. The third kappa shape index (κ3) is 5.20. The minimum absolute atomic E-state index is 0.263. The predicted molar refractivity (Wildman–Crippen MR) is 81.8 cm³/mol. The first-order valence-electron chi connectivity index (χ1n) is 7.33. The summed E-state index contributed by atoms with van der Waals surface area (Å²) >= 11 is 0. The van der Waals surface area contributed by atoms with Crippen molar-refractivity contribution >= 4 is 0 Å². The van der Waals surface area contributed by atoms with E-state index in [0.717, 1.165) is 37.5 Å². The molecule has 1 aromatic carbocycles. The number of likely N-dealkylation sites (N-methyl/N-ethyl adjacent to an activating group) is 1. The number of hydrogen-bond donors (Lipinski definition) is 1. The second-order valence-corrected chi connectivity index (χ2v) is 4.55. The van der Waals surface area contributed by atoms with Gasteiger partial charge in [-0.25, -0.2) is 0 Å². The molecule has 0 aliphatic carbocycles. The van der Waals surface area contributed by atoms with Gasteiger partial charge in [-0.2, -0.15) is 5.26 Å². The van der Waals surface area contributed by atoms with Crippen molar-refractivity contribution < 1.29 is 4.74 Å². The highest BCUT2D eigenvalue weighted by molar-refractivity contribution is 5.31. The van der Waals surface area contributed by atoms with E-state index in [4.69, 9.17) is 4.74 Å². The number of nitriles is 1. The van der Waals surface area contributed by atoms with E-state index >= 15 is 0 Å². The quantitative estimate of drug-likeness (QED) is 0.752. The van der Waals surface area contributed by atoms with Crippen LogP contribution in [0.1, 0.15) is 32.4 Å². The summed E-state index contributed by atoms with van der Waals surface area (Å²) in [7, 11) is 0. The molecular weight excluding hydrogens is 250 g/mol. The Labute approximate surface area is 122 Å². The fourth-order valence-electron chi connectivity index (χ4n) is 2.07. The van der Waals surface area contributed by atoms with Gasteiger partial charge in [0.15, 0.2) is 0 Å². The van der Waals surface area contributed by atoms with Crippen LogP contribution in [-0.4, -0.2) is 37.7 Å². The highest BCUT2D eigenvalue weighted by Gasteiger charge is 2.10. The summed E-state index contributed by atoms with van der Waals surface area (Å²) in [4.78, 5) is 2.33. The summed E-state index contributed by atoms with van der Waals surface area (Å²) in [6.07, 6.45) is 0. The van der Waals surface area contributed by atoms with Crippen molar-refractivity contribution in [1.82, 2.24) is 10.2 Å². The predicted octanol–water partition coefficient (Wildman–Crippen LogP) is 2.58. The van der Waals surface area contributed by atoms with E-state index in [-0.39, 0.29) is 6.04 Å². The van der Waals surface area contributed by atoms with Crippen LogP contribution in [0, 0.1) is 11.3 Å². The first kappa shape index (κ1) is 16.5. The lowest BCUT2D eigenvalue weighted by Gasteiger charge is -2.19. The van der Waals surface area contributed by atoms with Crippen molar-refractivity contribution in [2.45, 2.75) is 26.8 Å². The maximum Gasteiger partial charge on any atom is 0.121 e. The fraction of sp³-hybridized carbons (Fsp3) is 0.562. The van der Waals surface area contributed by atoms with Crippen LogP contribution in [0.3, 0.4) is 0 Å². The van der Waals surface area contributed by atoms with Gasteiger partial charge in [-0.3, -0.25) is 5.32 Å². The van der Waals surface area contributed by atoms with Gasteiger partial charge < -0.3 is 9.64 Å². The van der Waals surface area contributed by atoms with Gasteiger partial charge in [-0.15, -0.1) is 0 Å². The molecule has 0 saturated carbocycles. The maximum absolute atomic E-state index is 9.27. The van der Waals surface area contributed by atoms with E-state index in [1.807, 2.05) is 31.2 Å². The van der Waals surface area contributed by atoms with Crippen LogP contribution in [0.5, 0.6) is 5.75 Å². The van der Waals surface area contributed by atoms with Crippen LogP contribution < -0.4 is 10.1 Å². The van der Waals surface area contributed by atoms with E-state index in [1.54, 1.807) is 0 Å². The topological polar surface area (TPSA) is 48.3 Å². The smallest absolute Gasteiger partial charge is 0.121 e. The molecular formula is C16H25N3O. The molecule has 0 aliphatic heterocycles. The zero-order valence-electron chi connectivity index (χ0n) is 12.7. The normalized spacial score (nSPS) is 12.2. The Hall–Kier alpha value is -1.57. The van der Waals surface area contributed by atoms with Crippen molar-refractivity contribution in [3.05, 3.63) is 29.8 Å². The van der Waals surface area contributed by atoms with Gasteiger partial charge in [0.25, 0.3) is 0 Å². The Morgan fingerprint density at radius 1 is 1.20 bits per heavy atom. The van der Waals surface area contributed by atoms with Gasteiger partial charge >= 0.3 is 0 Å². The van der Waals surface area contributed by atoms with Crippen molar-refractivity contribution in [2.24, 2.45) is 0 Å². The third-order valence-electron chi connectivity index (χ3n) is 3.32. The number of nitrogens with zero attached hydrogens (tertiary/aromatic N) is 2. The van der Waals surface area contributed by atoms with Crippen LogP contribution in [0.15, 0.2) is 24.3 Å². The molecule has 0 fully saturated rings. The first-order valence-corrected chi connectivity index (χ1v) is 7.33. The van der Waals surface area contributed by atoms with Gasteiger partial charge in [0.1, 0.15) is 11.8 Å². The highest BCUT2D eigenvalue weighted by Crippen LogP contribution is 2.17. The highest BCUT2D eigenvalue weighted by atomic mass is 16.5.